The number of rotatable bonds is 6. The summed E-state index contributed by atoms with van der Waals surface area (Å²) in [7, 11) is -3.88. The van der Waals surface area contributed by atoms with Crippen molar-refractivity contribution in [2.75, 3.05) is 0 Å². The van der Waals surface area contributed by atoms with Crippen molar-refractivity contribution in [3.8, 4) is 0 Å². The Hall–Kier alpha value is -2.75. The summed E-state index contributed by atoms with van der Waals surface area (Å²) in [6.45, 7) is 0.268. The van der Waals surface area contributed by atoms with Crippen molar-refractivity contribution in [1.82, 2.24) is 9.62 Å². The smallest absolute Gasteiger partial charge is 0.238 e. The summed E-state index contributed by atoms with van der Waals surface area (Å²) < 4.78 is 28.6. The molecule has 0 radical (unpaired) electrons. The van der Waals surface area contributed by atoms with Crippen LogP contribution in [0.15, 0.2) is 54.6 Å². The Kier molecular flexibility index (Phi) is 6.07. The van der Waals surface area contributed by atoms with Gasteiger partial charge in [0.2, 0.25) is 15.9 Å². The molecular formula is C23H29N5O3S. The minimum atomic E-state index is -3.88. The van der Waals surface area contributed by atoms with Crippen molar-refractivity contribution < 1.29 is 13.2 Å². The van der Waals surface area contributed by atoms with Crippen LogP contribution in [0.3, 0.4) is 0 Å². The van der Waals surface area contributed by atoms with Gasteiger partial charge in [-0.05, 0) is 36.8 Å². The lowest BCUT2D eigenvalue weighted by Gasteiger charge is -2.43. The number of carbonyl (C=O) groups is 1. The third-order valence-electron chi connectivity index (χ3n) is 6.51. The van der Waals surface area contributed by atoms with Crippen LogP contribution in [0.2, 0.25) is 0 Å². The minimum Gasteiger partial charge on any atom is -0.384 e. The van der Waals surface area contributed by atoms with Gasteiger partial charge in [0.15, 0.2) is 0 Å². The summed E-state index contributed by atoms with van der Waals surface area (Å²) >= 11 is 0. The van der Waals surface area contributed by atoms with Crippen LogP contribution in [0.4, 0.5) is 0 Å². The Morgan fingerprint density at radius 2 is 1.75 bits per heavy atom. The molecule has 8 nitrogen and oxygen atoms in total. The number of hydrogen-bond donors (Lipinski definition) is 4. The van der Waals surface area contributed by atoms with E-state index in [1.165, 1.54) is 4.31 Å². The molecule has 2 heterocycles. The monoisotopic (exact) mass is 455 g/mol. The Morgan fingerprint density at radius 1 is 1.06 bits per heavy atom. The van der Waals surface area contributed by atoms with Crippen LogP contribution in [0, 0.1) is 5.41 Å². The molecular weight excluding hydrogens is 426 g/mol. The predicted molar refractivity (Wildman–Crippen MR) is 123 cm³/mol. The average Bonchev–Trinajstić information content (AvgIpc) is 3.22. The van der Waals surface area contributed by atoms with Crippen molar-refractivity contribution in [3.05, 3.63) is 71.3 Å². The van der Waals surface area contributed by atoms with Gasteiger partial charge in [-0.25, -0.2) is 8.42 Å². The van der Waals surface area contributed by atoms with Gasteiger partial charge in [-0.1, -0.05) is 54.6 Å². The van der Waals surface area contributed by atoms with E-state index in [2.05, 4.69) is 5.32 Å². The van der Waals surface area contributed by atoms with Crippen LogP contribution < -0.4 is 16.8 Å². The first kappa shape index (κ1) is 22.4. The number of amidine groups is 1. The highest BCUT2D eigenvalue weighted by molar-refractivity contribution is 7.90. The number of nitrogens with one attached hydrogen (secondary N) is 2. The van der Waals surface area contributed by atoms with Crippen LogP contribution in [-0.2, 0) is 27.8 Å². The first-order chi connectivity index (χ1) is 15.2. The maximum atomic E-state index is 13.6. The van der Waals surface area contributed by atoms with Crippen molar-refractivity contribution in [3.63, 3.8) is 0 Å². The van der Waals surface area contributed by atoms with E-state index in [0.717, 1.165) is 11.1 Å². The molecule has 1 amide bonds. The second-order valence-electron chi connectivity index (χ2n) is 8.68. The molecule has 0 saturated carbocycles. The molecule has 6 N–H and O–H groups in total. The Bertz CT molecular complexity index is 1100. The van der Waals surface area contributed by atoms with Crippen molar-refractivity contribution in [2.45, 2.75) is 55.6 Å². The van der Waals surface area contributed by atoms with E-state index in [9.17, 15) is 13.2 Å². The largest absolute Gasteiger partial charge is 0.384 e. The number of hydrogen-bond acceptors (Lipinski definition) is 5. The van der Waals surface area contributed by atoms with Crippen LogP contribution >= 0.6 is 0 Å². The van der Waals surface area contributed by atoms with Crippen LogP contribution in [-0.4, -0.2) is 41.4 Å². The lowest BCUT2D eigenvalue weighted by Crippen LogP contribution is -2.64. The highest BCUT2D eigenvalue weighted by atomic mass is 32.2. The van der Waals surface area contributed by atoms with Crippen LogP contribution in [0.25, 0.3) is 0 Å². The fourth-order valence-electron chi connectivity index (χ4n) is 4.72. The van der Waals surface area contributed by atoms with Gasteiger partial charge in [-0.15, -0.1) is 0 Å². The topological polar surface area (TPSA) is 142 Å². The van der Waals surface area contributed by atoms with Crippen molar-refractivity contribution in [1.29, 1.82) is 5.41 Å². The van der Waals surface area contributed by atoms with E-state index >= 15 is 0 Å². The second kappa shape index (κ2) is 8.65. The Labute approximate surface area is 188 Å². The molecule has 9 heteroatoms. The summed E-state index contributed by atoms with van der Waals surface area (Å²) in [5.41, 5.74) is 14.3. The SMILES string of the molecule is N=C(N)c1ccc(CNC(=O)[C@@H]2CC[C@H]3CC[C@@](N)(Cc4ccccc4)S(=O)(=O)N32)cc1. The lowest BCUT2D eigenvalue weighted by atomic mass is 9.98. The number of benzene rings is 2. The minimum absolute atomic E-state index is 0.0198. The van der Waals surface area contributed by atoms with E-state index in [0.29, 0.717) is 31.2 Å². The fraction of sp³-hybridized carbons (Fsp3) is 0.391. The van der Waals surface area contributed by atoms with E-state index in [1.54, 1.807) is 24.3 Å². The Balaban J connectivity index is 1.48. The number of carbonyl (C=O) groups excluding carboxylic acids is 1. The molecule has 4 rings (SSSR count). The molecule has 0 bridgehead atoms. The summed E-state index contributed by atoms with van der Waals surface area (Å²) in [6.07, 6.45) is 2.39. The van der Waals surface area contributed by atoms with Crippen LogP contribution in [0.5, 0.6) is 0 Å². The van der Waals surface area contributed by atoms with Gasteiger partial charge >= 0.3 is 0 Å². The molecule has 2 aliphatic heterocycles. The zero-order valence-corrected chi connectivity index (χ0v) is 18.6. The van der Waals surface area contributed by atoms with Gasteiger partial charge in [-0.3, -0.25) is 10.2 Å². The van der Waals surface area contributed by atoms with Gasteiger partial charge < -0.3 is 16.8 Å². The van der Waals surface area contributed by atoms with Gasteiger partial charge in [0, 0.05) is 24.6 Å². The number of nitrogen functional groups attached to an aromatic ring is 1. The Morgan fingerprint density at radius 3 is 2.41 bits per heavy atom. The molecule has 2 aromatic rings. The molecule has 32 heavy (non-hydrogen) atoms. The zero-order valence-electron chi connectivity index (χ0n) is 17.8. The number of sulfonamides is 1. The zero-order chi connectivity index (χ0) is 22.9. The standard InChI is InChI=1S/C23H29N5O3S/c24-21(25)18-8-6-17(7-9-18)15-27-22(29)20-11-10-19-12-13-23(26,32(30,31)28(19)20)14-16-4-2-1-3-5-16/h1-9,19-20H,10-15,26H2,(H3,24,25)(H,27,29)/t19-,20-,23-/m0/s1. The fourth-order valence-corrected chi connectivity index (χ4v) is 7.01. The van der Waals surface area contributed by atoms with E-state index in [-0.39, 0.29) is 30.8 Å². The average molecular weight is 456 g/mol. The quantitative estimate of drug-likeness (QED) is 0.385. The number of nitrogens with two attached hydrogens (primary N) is 2. The van der Waals surface area contributed by atoms with Gasteiger partial charge in [0.25, 0.3) is 0 Å². The maximum Gasteiger partial charge on any atom is 0.238 e. The molecule has 2 fully saturated rings. The van der Waals surface area contributed by atoms with E-state index < -0.39 is 20.9 Å². The molecule has 2 aliphatic rings. The molecule has 0 aliphatic carbocycles. The molecule has 2 aromatic carbocycles. The van der Waals surface area contributed by atoms with Gasteiger partial charge in [0.05, 0.1) is 0 Å². The highest BCUT2D eigenvalue weighted by Crippen LogP contribution is 2.41. The first-order valence-electron chi connectivity index (χ1n) is 10.8. The number of amides is 1. The molecule has 0 aromatic heterocycles. The molecule has 0 spiro atoms. The third-order valence-corrected chi connectivity index (χ3v) is 9.00. The van der Waals surface area contributed by atoms with Gasteiger partial charge in [-0.2, -0.15) is 4.31 Å². The normalized spacial score (nSPS) is 26.9. The molecule has 3 atom stereocenters. The highest BCUT2D eigenvalue weighted by Gasteiger charge is 2.56. The van der Waals surface area contributed by atoms with Crippen LogP contribution in [0.1, 0.15) is 42.4 Å². The first-order valence-corrected chi connectivity index (χ1v) is 12.2. The van der Waals surface area contributed by atoms with Gasteiger partial charge in [0.1, 0.15) is 16.7 Å². The maximum absolute atomic E-state index is 13.6. The molecule has 2 saturated heterocycles. The summed E-state index contributed by atoms with van der Waals surface area (Å²) in [5.74, 6) is -0.329. The lowest BCUT2D eigenvalue weighted by molar-refractivity contribution is -0.124. The number of nitrogens with zero attached hydrogens (tertiary/aromatic N) is 1. The third kappa shape index (κ3) is 4.15. The molecule has 0 unspecified atom stereocenters. The van der Waals surface area contributed by atoms with Crippen molar-refractivity contribution >= 4 is 21.8 Å². The number of fused-ring (bicyclic) bond motifs is 1. The summed E-state index contributed by atoms with van der Waals surface area (Å²) in [5, 5.41) is 10.3. The van der Waals surface area contributed by atoms with Crippen molar-refractivity contribution in [2.24, 2.45) is 11.5 Å². The molecule has 170 valence electrons. The van der Waals surface area contributed by atoms with E-state index in [4.69, 9.17) is 16.9 Å². The predicted octanol–water partition coefficient (Wildman–Crippen LogP) is 1.44. The summed E-state index contributed by atoms with van der Waals surface area (Å²) in [6, 6.07) is 15.5. The summed E-state index contributed by atoms with van der Waals surface area (Å²) in [4.78, 5) is 11.6. The van der Waals surface area contributed by atoms with E-state index in [1.807, 2.05) is 30.3 Å². The second-order valence-corrected chi connectivity index (χ2v) is 10.9.